The second-order valence-electron chi connectivity index (χ2n) is 4.03. The molecular weight excluding hydrogens is 226 g/mol. The molecule has 0 spiro atoms. The number of hydrogen-bond acceptors (Lipinski definition) is 3. The molecule has 18 heavy (non-hydrogen) atoms. The minimum atomic E-state index is -0.0114. The normalized spacial score (nSPS) is 13.0. The fourth-order valence-corrected chi connectivity index (χ4v) is 1.72. The smallest absolute Gasteiger partial charge is 0.150 e. The quantitative estimate of drug-likeness (QED) is 0.755. The Hall–Kier alpha value is -1.94. The molecule has 0 aliphatic carbocycles. The summed E-state index contributed by atoms with van der Waals surface area (Å²) in [5, 5.41) is 0. The first-order chi connectivity index (χ1) is 8.81. The molecule has 1 heterocycles. The van der Waals surface area contributed by atoms with Crippen molar-refractivity contribution in [2.24, 2.45) is 12.0 Å². The molecule has 4 heteroatoms. The van der Waals surface area contributed by atoms with Crippen molar-refractivity contribution < 1.29 is 4.74 Å². The van der Waals surface area contributed by atoms with Gasteiger partial charge >= 0.3 is 0 Å². The van der Waals surface area contributed by atoms with Gasteiger partial charge < -0.3 is 9.30 Å². The lowest BCUT2D eigenvalue weighted by atomic mass is 10.1. The first kappa shape index (κ1) is 12.5. The van der Waals surface area contributed by atoms with E-state index in [0.29, 0.717) is 6.54 Å². The molecule has 2 aromatic rings. The van der Waals surface area contributed by atoms with Gasteiger partial charge in [0.1, 0.15) is 11.9 Å². The van der Waals surface area contributed by atoms with Gasteiger partial charge in [-0.25, -0.2) is 4.98 Å². The van der Waals surface area contributed by atoms with Gasteiger partial charge in [-0.2, -0.15) is 0 Å². The number of ether oxygens (including phenoxy) is 1. The number of rotatable bonds is 5. The highest BCUT2D eigenvalue weighted by Gasteiger charge is 2.08. The van der Waals surface area contributed by atoms with Crippen LogP contribution in [0, 0.1) is 0 Å². The van der Waals surface area contributed by atoms with Crippen LogP contribution in [0.5, 0.6) is 0 Å². The van der Waals surface area contributed by atoms with Gasteiger partial charge in [-0.3, -0.25) is 4.99 Å². The Morgan fingerprint density at radius 3 is 2.78 bits per heavy atom. The minimum Gasteiger partial charge on any atom is -0.375 e. The van der Waals surface area contributed by atoms with Crippen molar-refractivity contribution in [3.8, 4) is 0 Å². The van der Waals surface area contributed by atoms with E-state index in [1.165, 1.54) is 0 Å². The zero-order chi connectivity index (χ0) is 12.8. The monoisotopic (exact) mass is 243 g/mol. The summed E-state index contributed by atoms with van der Waals surface area (Å²) in [6, 6.07) is 10.1. The molecule has 0 saturated heterocycles. The van der Waals surface area contributed by atoms with Crippen molar-refractivity contribution in [2.75, 3.05) is 13.7 Å². The zero-order valence-corrected chi connectivity index (χ0v) is 10.7. The summed E-state index contributed by atoms with van der Waals surface area (Å²) in [6.45, 7) is 0.591. The SMILES string of the molecule is COC(CN=Cc1nccn1C)c1ccccc1. The van der Waals surface area contributed by atoms with E-state index in [4.69, 9.17) is 4.74 Å². The van der Waals surface area contributed by atoms with E-state index in [1.54, 1.807) is 19.5 Å². The van der Waals surface area contributed by atoms with Crippen LogP contribution in [-0.2, 0) is 11.8 Å². The van der Waals surface area contributed by atoms with Crippen LogP contribution in [-0.4, -0.2) is 29.4 Å². The van der Waals surface area contributed by atoms with E-state index in [9.17, 15) is 0 Å². The summed E-state index contributed by atoms with van der Waals surface area (Å²) in [6.07, 6.45) is 5.41. The van der Waals surface area contributed by atoms with Gasteiger partial charge in [0, 0.05) is 26.6 Å². The van der Waals surface area contributed by atoms with Crippen LogP contribution in [0.1, 0.15) is 17.5 Å². The lowest BCUT2D eigenvalue weighted by molar-refractivity contribution is 0.111. The van der Waals surface area contributed by atoms with E-state index < -0.39 is 0 Å². The molecule has 2 rings (SSSR count). The van der Waals surface area contributed by atoms with E-state index in [0.717, 1.165) is 11.4 Å². The molecule has 1 aromatic carbocycles. The molecule has 0 fully saturated rings. The van der Waals surface area contributed by atoms with Crippen LogP contribution >= 0.6 is 0 Å². The number of benzene rings is 1. The summed E-state index contributed by atoms with van der Waals surface area (Å²) in [7, 11) is 3.65. The van der Waals surface area contributed by atoms with Crippen LogP contribution in [0.2, 0.25) is 0 Å². The van der Waals surface area contributed by atoms with Gasteiger partial charge in [-0.05, 0) is 5.56 Å². The Bertz CT molecular complexity index is 505. The maximum Gasteiger partial charge on any atom is 0.150 e. The number of nitrogens with zero attached hydrogens (tertiary/aromatic N) is 3. The molecule has 0 aliphatic heterocycles. The van der Waals surface area contributed by atoms with Gasteiger partial charge in [0.2, 0.25) is 0 Å². The molecule has 1 atom stereocenters. The average molecular weight is 243 g/mol. The molecule has 4 nitrogen and oxygen atoms in total. The summed E-state index contributed by atoms with van der Waals surface area (Å²) in [5.74, 6) is 0.845. The first-order valence-electron chi connectivity index (χ1n) is 5.86. The average Bonchev–Trinajstić information content (AvgIpc) is 2.81. The zero-order valence-electron chi connectivity index (χ0n) is 10.7. The Morgan fingerprint density at radius 1 is 1.39 bits per heavy atom. The first-order valence-corrected chi connectivity index (χ1v) is 5.86. The van der Waals surface area contributed by atoms with Gasteiger partial charge in [0.15, 0.2) is 0 Å². The Morgan fingerprint density at radius 2 is 2.17 bits per heavy atom. The highest BCUT2D eigenvalue weighted by Crippen LogP contribution is 2.16. The minimum absolute atomic E-state index is 0.0114. The molecule has 94 valence electrons. The molecule has 0 bridgehead atoms. The molecule has 0 N–H and O–H groups in total. The van der Waals surface area contributed by atoms with Crippen LogP contribution in [0.15, 0.2) is 47.7 Å². The summed E-state index contributed by atoms with van der Waals surface area (Å²) < 4.78 is 7.37. The summed E-state index contributed by atoms with van der Waals surface area (Å²) >= 11 is 0. The molecule has 0 saturated carbocycles. The highest BCUT2D eigenvalue weighted by molar-refractivity contribution is 5.74. The third kappa shape index (κ3) is 3.05. The van der Waals surface area contributed by atoms with Crippen molar-refractivity contribution >= 4 is 6.21 Å². The van der Waals surface area contributed by atoms with Crippen molar-refractivity contribution in [1.82, 2.24) is 9.55 Å². The third-order valence-corrected chi connectivity index (χ3v) is 2.79. The number of imidazole rings is 1. The number of hydrogen-bond donors (Lipinski definition) is 0. The van der Waals surface area contributed by atoms with E-state index >= 15 is 0 Å². The Labute approximate surface area is 107 Å². The fraction of sp³-hybridized carbons (Fsp3) is 0.286. The summed E-state index contributed by atoms with van der Waals surface area (Å²) in [4.78, 5) is 8.57. The molecule has 0 amide bonds. The number of methoxy groups -OCH3 is 1. The molecule has 1 aromatic heterocycles. The largest absolute Gasteiger partial charge is 0.375 e. The van der Waals surface area contributed by atoms with E-state index in [1.807, 2.05) is 48.1 Å². The number of aliphatic imine (C=N–C) groups is 1. The second-order valence-corrected chi connectivity index (χ2v) is 4.03. The van der Waals surface area contributed by atoms with Gasteiger partial charge in [-0.15, -0.1) is 0 Å². The molecular formula is C14H17N3O. The predicted molar refractivity (Wildman–Crippen MR) is 71.9 cm³/mol. The maximum atomic E-state index is 5.45. The Kier molecular flexibility index (Phi) is 4.25. The van der Waals surface area contributed by atoms with Crippen molar-refractivity contribution in [1.29, 1.82) is 0 Å². The van der Waals surface area contributed by atoms with Crippen LogP contribution in [0.3, 0.4) is 0 Å². The lowest BCUT2D eigenvalue weighted by Gasteiger charge is -2.12. The van der Waals surface area contributed by atoms with Gasteiger partial charge in [0.25, 0.3) is 0 Å². The van der Waals surface area contributed by atoms with Crippen molar-refractivity contribution in [2.45, 2.75) is 6.10 Å². The standard InChI is InChI=1S/C14H17N3O/c1-17-9-8-16-14(17)11-15-10-13(18-2)12-6-4-3-5-7-12/h3-9,11,13H,10H2,1-2H3. The number of aryl methyl sites for hydroxylation is 1. The Balaban J connectivity index is 2.00. The van der Waals surface area contributed by atoms with E-state index in [-0.39, 0.29) is 6.10 Å². The predicted octanol–water partition coefficient (Wildman–Crippen LogP) is 2.23. The van der Waals surface area contributed by atoms with Crippen LogP contribution in [0.4, 0.5) is 0 Å². The third-order valence-electron chi connectivity index (χ3n) is 2.79. The van der Waals surface area contributed by atoms with Crippen LogP contribution < -0.4 is 0 Å². The molecule has 0 aliphatic rings. The summed E-state index contributed by atoms with van der Waals surface area (Å²) in [5.41, 5.74) is 1.14. The molecule has 0 radical (unpaired) electrons. The van der Waals surface area contributed by atoms with Gasteiger partial charge in [0.05, 0.1) is 12.8 Å². The maximum absolute atomic E-state index is 5.45. The van der Waals surface area contributed by atoms with Gasteiger partial charge in [-0.1, -0.05) is 30.3 Å². The van der Waals surface area contributed by atoms with Crippen molar-refractivity contribution in [3.05, 3.63) is 54.1 Å². The fourth-order valence-electron chi connectivity index (χ4n) is 1.72. The van der Waals surface area contributed by atoms with E-state index in [2.05, 4.69) is 9.98 Å². The lowest BCUT2D eigenvalue weighted by Crippen LogP contribution is -2.06. The van der Waals surface area contributed by atoms with Crippen molar-refractivity contribution in [3.63, 3.8) is 0 Å². The second kappa shape index (κ2) is 6.12. The molecule has 1 unspecified atom stereocenters. The number of aromatic nitrogens is 2. The highest BCUT2D eigenvalue weighted by atomic mass is 16.5. The topological polar surface area (TPSA) is 39.4 Å². The van der Waals surface area contributed by atoms with Crippen LogP contribution in [0.25, 0.3) is 0 Å².